The SMILES string of the molecule is O=C(CCCC1CCCO1)c1ccc(I)c(Cl)c1. The number of halogens is 2. The summed E-state index contributed by atoms with van der Waals surface area (Å²) in [4.78, 5) is 12.0. The van der Waals surface area contributed by atoms with E-state index in [-0.39, 0.29) is 5.78 Å². The molecule has 0 aromatic heterocycles. The molecule has 2 nitrogen and oxygen atoms in total. The number of rotatable bonds is 5. The third-order valence-corrected chi connectivity index (χ3v) is 4.77. The van der Waals surface area contributed by atoms with Crippen molar-refractivity contribution in [2.75, 3.05) is 6.61 Å². The number of hydrogen-bond acceptors (Lipinski definition) is 2. The summed E-state index contributed by atoms with van der Waals surface area (Å²) >= 11 is 8.17. The largest absolute Gasteiger partial charge is 0.378 e. The number of Topliss-reactive ketones (excluding diaryl/α,β-unsaturated/α-hetero) is 1. The van der Waals surface area contributed by atoms with Crippen LogP contribution in [-0.4, -0.2) is 18.5 Å². The predicted octanol–water partition coefficient (Wildman–Crippen LogP) is 4.48. The van der Waals surface area contributed by atoms with Gasteiger partial charge >= 0.3 is 0 Å². The highest BCUT2D eigenvalue weighted by atomic mass is 127. The Hall–Kier alpha value is -0.130. The number of benzene rings is 1. The normalized spacial score (nSPS) is 19.1. The minimum absolute atomic E-state index is 0.172. The first-order valence-corrected chi connectivity index (χ1v) is 7.72. The molecule has 1 atom stereocenters. The smallest absolute Gasteiger partial charge is 0.162 e. The summed E-state index contributed by atoms with van der Waals surface area (Å²) in [7, 11) is 0. The van der Waals surface area contributed by atoms with Crippen molar-refractivity contribution in [3.05, 3.63) is 32.4 Å². The molecule has 0 saturated carbocycles. The molecule has 1 saturated heterocycles. The van der Waals surface area contributed by atoms with Crippen molar-refractivity contribution in [3.63, 3.8) is 0 Å². The zero-order valence-corrected chi connectivity index (χ0v) is 13.0. The highest BCUT2D eigenvalue weighted by molar-refractivity contribution is 14.1. The molecule has 1 aliphatic heterocycles. The summed E-state index contributed by atoms with van der Waals surface area (Å²) in [5, 5.41) is 0.653. The van der Waals surface area contributed by atoms with Crippen LogP contribution < -0.4 is 0 Å². The highest BCUT2D eigenvalue weighted by Gasteiger charge is 2.16. The lowest BCUT2D eigenvalue weighted by Gasteiger charge is -2.08. The molecule has 1 heterocycles. The van der Waals surface area contributed by atoms with Gasteiger partial charge in [-0.25, -0.2) is 0 Å². The zero-order valence-electron chi connectivity index (χ0n) is 10.1. The fraction of sp³-hybridized carbons (Fsp3) is 0.500. The number of ketones is 1. The van der Waals surface area contributed by atoms with E-state index in [1.807, 2.05) is 12.1 Å². The van der Waals surface area contributed by atoms with Crippen molar-refractivity contribution in [2.24, 2.45) is 0 Å². The standard InChI is InChI=1S/C14H16ClIO2/c15-12-9-10(6-7-13(12)16)14(17)5-1-3-11-4-2-8-18-11/h6-7,9,11H,1-5,8H2. The highest BCUT2D eigenvalue weighted by Crippen LogP contribution is 2.22. The van der Waals surface area contributed by atoms with E-state index in [1.54, 1.807) is 6.07 Å². The maximum Gasteiger partial charge on any atom is 0.162 e. The van der Waals surface area contributed by atoms with E-state index in [9.17, 15) is 4.79 Å². The lowest BCUT2D eigenvalue weighted by molar-refractivity contribution is 0.0923. The number of hydrogen-bond donors (Lipinski definition) is 0. The van der Waals surface area contributed by atoms with Crippen LogP contribution in [0.5, 0.6) is 0 Å². The second kappa shape index (κ2) is 6.87. The second-order valence-electron chi connectivity index (χ2n) is 4.58. The Labute approximate surface area is 126 Å². The van der Waals surface area contributed by atoms with Crippen LogP contribution in [0.15, 0.2) is 18.2 Å². The Kier molecular flexibility index (Phi) is 5.45. The molecule has 0 amide bonds. The van der Waals surface area contributed by atoms with Gasteiger partial charge in [0, 0.05) is 22.2 Å². The molecule has 1 fully saturated rings. The molecule has 0 spiro atoms. The van der Waals surface area contributed by atoms with Gasteiger partial charge in [-0.1, -0.05) is 17.7 Å². The molecule has 0 N–H and O–H groups in total. The van der Waals surface area contributed by atoms with Gasteiger partial charge in [-0.2, -0.15) is 0 Å². The van der Waals surface area contributed by atoms with E-state index in [0.29, 0.717) is 23.1 Å². The minimum Gasteiger partial charge on any atom is -0.378 e. The van der Waals surface area contributed by atoms with Gasteiger partial charge in [0.1, 0.15) is 0 Å². The predicted molar refractivity (Wildman–Crippen MR) is 81.3 cm³/mol. The van der Waals surface area contributed by atoms with Crippen LogP contribution in [0.2, 0.25) is 5.02 Å². The van der Waals surface area contributed by atoms with Crippen LogP contribution in [0.25, 0.3) is 0 Å². The van der Waals surface area contributed by atoms with E-state index in [4.69, 9.17) is 16.3 Å². The first-order valence-electron chi connectivity index (χ1n) is 6.26. The monoisotopic (exact) mass is 378 g/mol. The first-order chi connectivity index (χ1) is 8.66. The molecule has 0 radical (unpaired) electrons. The van der Waals surface area contributed by atoms with E-state index in [0.717, 1.165) is 35.9 Å². The van der Waals surface area contributed by atoms with Gasteiger partial charge < -0.3 is 4.74 Å². The summed E-state index contributed by atoms with van der Waals surface area (Å²) in [5.41, 5.74) is 0.716. The Balaban J connectivity index is 1.81. The van der Waals surface area contributed by atoms with Crippen LogP contribution in [0.3, 0.4) is 0 Å². The topological polar surface area (TPSA) is 26.3 Å². The number of carbonyl (C=O) groups is 1. The van der Waals surface area contributed by atoms with Gasteiger partial charge in [-0.05, 0) is 60.4 Å². The molecule has 0 aliphatic carbocycles. The molecule has 4 heteroatoms. The summed E-state index contributed by atoms with van der Waals surface area (Å²) in [6, 6.07) is 5.50. The van der Waals surface area contributed by atoms with Crippen LogP contribution in [0.1, 0.15) is 42.5 Å². The van der Waals surface area contributed by atoms with Crippen molar-refractivity contribution in [3.8, 4) is 0 Å². The number of carbonyl (C=O) groups excluding carboxylic acids is 1. The Morgan fingerprint density at radius 2 is 2.33 bits per heavy atom. The van der Waals surface area contributed by atoms with E-state index >= 15 is 0 Å². The molecule has 0 bridgehead atoms. The second-order valence-corrected chi connectivity index (χ2v) is 6.15. The molecule has 1 aromatic carbocycles. The summed E-state index contributed by atoms with van der Waals surface area (Å²) in [6.07, 6.45) is 5.14. The molecular weight excluding hydrogens is 363 g/mol. The van der Waals surface area contributed by atoms with Gasteiger partial charge in [0.25, 0.3) is 0 Å². The van der Waals surface area contributed by atoms with Crippen LogP contribution in [0, 0.1) is 3.57 Å². The average Bonchev–Trinajstić information content (AvgIpc) is 2.85. The fourth-order valence-electron chi connectivity index (χ4n) is 2.18. The molecule has 1 unspecified atom stereocenters. The molecule has 2 rings (SSSR count). The van der Waals surface area contributed by atoms with Crippen molar-refractivity contribution < 1.29 is 9.53 Å². The van der Waals surface area contributed by atoms with Crippen LogP contribution in [-0.2, 0) is 4.74 Å². The lowest BCUT2D eigenvalue weighted by atomic mass is 10.0. The van der Waals surface area contributed by atoms with E-state index in [2.05, 4.69) is 22.6 Å². The van der Waals surface area contributed by atoms with Gasteiger partial charge in [-0.15, -0.1) is 0 Å². The van der Waals surface area contributed by atoms with Gasteiger partial charge in [0.15, 0.2) is 5.78 Å². The molecule has 98 valence electrons. The Morgan fingerprint density at radius 1 is 1.50 bits per heavy atom. The molecule has 1 aromatic rings. The summed E-state index contributed by atoms with van der Waals surface area (Å²) in [6.45, 7) is 0.880. The third kappa shape index (κ3) is 3.93. The molecule has 18 heavy (non-hydrogen) atoms. The Morgan fingerprint density at radius 3 is 3.00 bits per heavy atom. The maximum atomic E-state index is 12.0. The van der Waals surface area contributed by atoms with Gasteiger partial charge in [0.2, 0.25) is 0 Å². The van der Waals surface area contributed by atoms with Crippen LogP contribution >= 0.6 is 34.2 Å². The quantitative estimate of drug-likeness (QED) is 0.558. The van der Waals surface area contributed by atoms with E-state index < -0.39 is 0 Å². The van der Waals surface area contributed by atoms with Crippen molar-refractivity contribution in [1.29, 1.82) is 0 Å². The number of ether oxygens (including phenoxy) is 1. The minimum atomic E-state index is 0.172. The molecular formula is C14H16ClIO2. The van der Waals surface area contributed by atoms with Crippen molar-refractivity contribution in [2.45, 2.75) is 38.2 Å². The van der Waals surface area contributed by atoms with Crippen LogP contribution in [0.4, 0.5) is 0 Å². The maximum absolute atomic E-state index is 12.0. The van der Waals surface area contributed by atoms with Gasteiger partial charge in [0.05, 0.1) is 11.1 Å². The van der Waals surface area contributed by atoms with Crippen molar-refractivity contribution >= 4 is 40.0 Å². The average molecular weight is 379 g/mol. The summed E-state index contributed by atoms with van der Waals surface area (Å²) < 4.78 is 6.52. The fourth-order valence-corrected chi connectivity index (χ4v) is 2.69. The van der Waals surface area contributed by atoms with Crippen molar-refractivity contribution in [1.82, 2.24) is 0 Å². The Bertz CT molecular complexity index is 428. The summed E-state index contributed by atoms with van der Waals surface area (Å²) in [5.74, 6) is 0.172. The first kappa shape index (κ1) is 14.3. The third-order valence-electron chi connectivity index (χ3n) is 3.20. The molecule has 1 aliphatic rings. The van der Waals surface area contributed by atoms with E-state index in [1.165, 1.54) is 0 Å². The van der Waals surface area contributed by atoms with Gasteiger partial charge in [-0.3, -0.25) is 4.79 Å². The lowest BCUT2D eigenvalue weighted by Crippen LogP contribution is -2.06. The zero-order chi connectivity index (χ0) is 13.0.